The van der Waals surface area contributed by atoms with Crippen LogP contribution in [0.1, 0.15) is 40.5 Å². The number of carbonyl (C=O) groups excluding carboxylic acids is 1. The second-order valence-corrected chi connectivity index (χ2v) is 4.29. The molecule has 0 aliphatic rings. The van der Waals surface area contributed by atoms with E-state index in [1.807, 2.05) is 20.8 Å². The third-order valence-electron chi connectivity index (χ3n) is 3.13. The summed E-state index contributed by atoms with van der Waals surface area (Å²) in [5.41, 5.74) is 7.77. The normalized spacial score (nSPS) is 12.4. The predicted molar refractivity (Wildman–Crippen MR) is 67.8 cm³/mol. The number of methoxy groups -OCH3 is 1. The van der Waals surface area contributed by atoms with E-state index < -0.39 is 5.97 Å². The summed E-state index contributed by atoms with van der Waals surface area (Å²) in [7, 11) is 1.29. The Labute approximate surface area is 110 Å². The zero-order chi connectivity index (χ0) is 14.2. The van der Waals surface area contributed by atoms with E-state index >= 15 is 0 Å². The van der Waals surface area contributed by atoms with Crippen LogP contribution in [0.15, 0.2) is 10.9 Å². The highest BCUT2D eigenvalue weighted by Crippen LogP contribution is 2.27. The lowest BCUT2D eigenvalue weighted by Crippen LogP contribution is -2.12. The number of esters is 1. The molecule has 7 nitrogen and oxygen atoms in total. The summed E-state index contributed by atoms with van der Waals surface area (Å²) >= 11 is 0. The van der Waals surface area contributed by atoms with Crippen LogP contribution in [0.3, 0.4) is 0 Å². The van der Waals surface area contributed by atoms with E-state index in [0.717, 1.165) is 17.0 Å². The second-order valence-electron chi connectivity index (χ2n) is 4.29. The van der Waals surface area contributed by atoms with Crippen LogP contribution in [-0.2, 0) is 4.74 Å². The van der Waals surface area contributed by atoms with Gasteiger partial charge in [0.1, 0.15) is 11.6 Å². The van der Waals surface area contributed by atoms with Crippen LogP contribution in [0.5, 0.6) is 0 Å². The largest absolute Gasteiger partial charge is 0.464 e. The number of nitrogens with two attached hydrogens (primary N) is 1. The molecule has 2 aromatic rings. The Hall–Kier alpha value is -2.31. The third-order valence-corrected chi connectivity index (χ3v) is 3.13. The van der Waals surface area contributed by atoms with Crippen molar-refractivity contribution >= 4 is 11.8 Å². The molecule has 0 aromatic carbocycles. The van der Waals surface area contributed by atoms with Gasteiger partial charge in [0, 0.05) is 5.56 Å². The molecule has 0 fully saturated rings. The second kappa shape index (κ2) is 4.75. The molecule has 0 spiro atoms. The lowest BCUT2D eigenvalue weighted by atomic mass is 10.1. The Balaban J connectivity index is 2.43. The maximum atomic E-state index is 11.5. The number of nitrogen functional groups attached to an aromatic ring is 1. The van der Waals surface area contributed by atoms with Crippen LogP contribution in [0, 0.1) is 13.8 Å². The number of carbonyl (C=O) groups is 1. The van der Waals surface area contributed by atoms with Crippen LogP contribution in [-0.4, -0.2) is 27.8 Å². The maximum Gasteiger partial charge on any atom is 0.360 e. The summed E-state index contributed by atoms with van der Waals surface area (Å²) in [4.78, 5) is 15.5. The van der Waals surface area contributed by atoms with Gasteiger partial charge in [-0.2, -0.15) is 0 Å². The number of hydrogen-bond acceptors (Lipinski definition) is 6. The van der Waals surface area contributed by atoms with Crippen molar-refractivity contribution in [2.24, 2.45) is 0 Å². The summed E-state index contributed by atoms with van der Waals surface area (Å²) in [5.74, 6) is 0.430. The highest BCUT2D eigenvalue weighted by molar-refractivity contribution is 5.92. The molecule has 7 heteroatoms. The summed E-state index contributed by atoms with van der Waals surface area (Å²) in [5, 5.41) is 3.91. The fourth-order valence-corrected chi connectivity index (χ4v) is 2.16. The first-order chi connectivity index (χ1) is 8.97. The van der Waals surface area contributed by atoms with Gasteiger partial charge >= 0.3 is 5.97 Å². The molecule has 0 saturated carbocycles. The molecule has 2 N–H and O–H groups in total. The quantitative estimate of drug-likeness (QED) is 0.843. The molecule has 2 aromatic heterocycles. The number of aromatic nitrogens is 3. The SMILES string of the molecule is COC(=O)c1ncn(C(C)c2c(C)noc2C)c1N. The summed E-state index contributed by atoms with van der Waals surface area (Å²) in [6, 6.07) is -0.128. The topological polar surface area (TPSA) is 96.2 Å². The van der Waals surface area contributed by atoms with Crippen molar-refractivity contribution in [2.75, 3.05) is 12.8 Å². The van der Waals surface area contributed by atoms with E-state index in [4.69, 9.17) is 10.3 Å². The molecule has 2 heterocycles. The van der Waals surface area contributed by atoms with Crippen LogP contribution >= 0.6 is 0 Å². The van der Waals surface area contributed by atoms with E-state index in [2.05, 4.69) is 14.9 Å². The monoisotopic (exact) mass is 264 g/mol. The molecule has 0 bridgehead atoms. The zero-order valence-electron chi connectivity index (χ0n) is 11.3. The molecule has 0 radical (unpaired) electrons. The van der Waals surface area contributed by atoms with E-state index in [-0.39, 0.29) is 17.6 Å². The first kappa shape index (κ1) is 13.1. The van der Waals surface area contributed by atoms with Crippen molar-refractivity contribution in [2.45, 2.75) is 26.8 Å². The van der Waals surface area contributed by atoms with Crippen molar-refractivity contribution in [3.05, 3.63) is 29.0 Å². The van der Waals surface area contributed by atoms with Gasteiger partial charge in [-0.1, -0.05) is 5.16 Å². The fraction of sp³-hybridized carbons (Fsp3) is 0.417. The number of ether oxygens (including phenoxy) is 1. The molecule has 2 rings (SSSR count). The van der Waals surface area contributed by atoms with Crippen molar-refractivity contribution in [3.63, 3.8) is 0 Å². The molecule has 0 aliphatic heterocycles. The average Bonchev–Trinajstić information content (AvgIpc) is 2.92. The van der Waals surface area contributed by atoms with E-state index in [1.165, 1.54) is 13.4 Å². The standard InChI is InChI=1S/C12H16N4O3/c1-6-9(8(3)19-15-6)7(2)16-5-14-10(11(16)13)12(17)18-4/h5,7H,13H2,1-4H3. The van der Waals surface area contributed by atoms with Crippen LogP contribution in [0.4, 0.5) is 5.82 Å². The van der Waals surface area contributed by atoms with Gasteiger partial charge < -0.3 is 19.6 Å². The van der Waals surface area contributed by atoms with Gasteiger partial charge in [0.2, 0.25) is 0 Å². The number of rotatable bonds is 3. The molecule has 0 aliphatic carbocycles. The molecule has 0 saturated heterocycles. The molecule has 1 atom stereocenters. The lowest BCUT2D eigenvalue weighted by Gasteiger charge is -2.14. The Morgan fingerprint density at radius 2 is 2.21 bits per heavy atom. The van der Waals surface area contributed by atoms with Gasteiger partial charge in [0.25, 0.3) is 0 Å². The van der Waals surface area contributed by atoms with Crippen LogP contribution in [0.25, 0.3) is 0 Å². The van der Waals surface area contributed by atoms with Gasteiger partial charge in [0.15, 0.2) is 5.69 Å². The Kier molecular flexibility index (Phi) is 3.28. The minimum atomic E-state index is -0.554. The smallest absolute Gasteiger partial charge is 0.360 e. The van der Waals surface area contributed by atoms with E-state index in [9.17, 15) is 4.79 Å². The zero-order valence-corrected chi connectivity index (χ0v) is 11.3. The number of aryl methyl sites for hydroxylation is 2. The van der Waals surface area contributed by atoms with E-state index in [1.54, 1.807) is 4.57 Å². The summed E-state index contributed by atoms with van der Waals surface area (Å²) in [6.45, 7) is 5.63. The molecule has 102 valence electrons. The van der Waals surface area contributed by atoms with Crippen molar-refractivity contribution in [1.82, 2.24) is 14.7 Å². The highest BCUT2D eigenvalue weighted by Gasteiger charge is 2.23. The van der Waals surface area contributed by atoms with E-state index in [0.29, 0.717) is 0 Å². The van der Waals surface area contributed by atoms with Gasteiger partial charge in [0.05, 0.1) is 25.2 Å². The highest BCUT2D eigenvalue weighted by atomic mass is 16.5. The maximum absolute atomic E-state index is 11.5. The number of imidazole rings is 1. The lowest BCUT2D eigenvalue weighted by molar-refractivity contribution is 0.0596. The average molecular weight is 264 g/mol. The fourth-order valence-electron chi connectivity index (χ4n) is 2.16. The minimum Gasteiger partial charge on any atom is -0.464 e. The van der Waals surface area contributed by atoms with Crippen molar-refractivity contribution in [3.8, 4) is 0 Å². The Morgan fingerprint density at radius 3 is 2.74 bits per heavy atom. The number of hydrogen-bond donors (Lipinski definition) is 1. The first-order valence-corrected chi connectivity index (χ1v) is 5.80. The predicted octanol–water partition coefficient (Wildman–Crippen LogP) is 1.47. The number of nitrogens with zero attached hydrogens (tertiary/aromatic N) is 3. The minimum absolute atomic E-state index is 0.112. The van der Waals surface area contributed by atoms with Gasteiger partial charge in [-0.05, 0) is 20.8 Å². The Bertz CT molecular complexity index is 595. The van der Waals surface area contributed by atoms with Gasteiger partial charge in [-0.3, -0.25) is 0 Å². The summed E-state index contributed by atoms with van der Waals surface area (Å²) < 4.78 is 11.5. The van der Waals surface area contributed by atoms with Crippen LogP contribution in [0.2, 0.25) is 0 Å². The molecule has 19 heavy (non-hydrogen) atoms. The van der Waals surface area contributed by atoms with Gasteiger partial charge in [-0.15, -0.1) is 0 Å². The molecular weight excluding hydrogens is 248 g/mol. The molecule has 1 unspecified atom stereocenters. The first-order valence-electron chi connectivity index (χ1n) is 5.80. The molecular formula is C12H16N4O3. The van der Waals surface area contributed by atoms with Crippen molar-refractivity contribution < 1.29 is 14.1 Å². The third kappa shape index (κ3) is 2.07. The summed E-state index contributed by atoms with van der Waals surface area (Å²) in [6.07, 6.45) is 1.51. The van der Waals surface area contributed by atoms with Crippen LogP contribution < -0.4 is 5.73 Å². The van der Waals surface area contributed by atoms with Crippen molar-refractivity contribution in [1.29, 1.82) is 0 Å². The van der Waals surface area contributed by atoms with Gasteiger partial charge in [-0.25, -0.2) is 9.78 Å². The number of anilines is 1. The Morgan fingerprint density at radius 1 is 1.53 bits per heavy atom. The molecule has 0 amide bonds.